The van der Waals surface area contributed by atoms with Gasteiger partial charge in [0.1, 0.15) is 42.5 Å². The molecule has 0 aliphatic carbocycles. The number of hydrogen-bond donors (Lipinski definition) is 3. The molecule has 0 bridgehead atoms. The Morgan fingerprint density at radius 1 is 1.00 bits per heavy atom. The number of aliphatic hydroxyl groups is 3. The van der Waals surface area contributed by atoms with Crippen molar-refractivity contribution < 1.29 is 33.2 Å². The van der Waals surface area contributed by atoms with Crippen LogP contribution in [0.25, 0.3) is 11.3 Å². The van der Waals surface area contributed by atoms with Crippen molar-refractivity contribution in [1.29, 1.82) is 0 Å². The van der Waals surface area contributed by atoms with Crippen LogP contribution < -0.4 is 0 Å². The van der Waals surface area contributed by atoms with Crippen molar-refractivity contribution in [3.8, 4) is 11.3 Å². The zero-order valence-electron chi connectivity index (χ0n) is 18.6. The molecule has 188 valence electrons. The summed E-state index contributed by atoms with van der Waals surface area (Å²) in [5, 5.41) is 43.8. The second-order valence-corrected chi connectivity index (χ2v) is 8.35. The third-order valence-corrected chi connectivity index (χ3v) is 6.06. The van der Waals surface area contributed by atoms with Crippen LogP contribution in [-0.2, 0) is 11.3 Å². The summed E-state index contributed by atoms with van der Waals surface area (Å²) in [4.78, 5) is 4.23. The summed E-state index contributed by atoms with van der Waals surface area (Å²) in [5.41, 5.74) is 0.805. The fourth-order valence-corrected chi connectivity index (χ4v) is 4.26. The molecule has 5 rings (SSSR count). The minimum Gasteiger partial charge on any atom is -0.394 e. The van der Waals surface area contributed by atoms with E-state index < -0.39 is 54.5 Å². The maximum Gasteiger partial charge on any atom is 0.194 e. The predicted octanol–water partition coefficient (Wildman–Crippen LogP) is 1.40. The zero-order valence-corrected chi connectivity index (χ0v) is 18.6. The van der Waals surface area contributed by atoms with E-state index >= 15 is 0 Å². The van der Waals surface area contributed by atoms with E-state index in [-0.39, 0.29) is 17.1 Å². The largest absolute Gasteiger partial charge is 0.394 e. The highest BCUT2D eigenvalue weighted by Gasteiger charge is 2.48. The molecule has 2 aromatic carbocycles. The van der Waals surface area contributed by atoms with Crippen LogP contribution in [0.5, 0.6) is 0 Å². The van der Waals surface area contributed by atoms with Gasteiger partial charge in [0.15, 0.2) is 23.3 Å². The van der Waals surface area contributed by atoms with E-state index in [0.29, 0.717) is 6.54 Å². The number of ether oxygens (including phenoxy) is 1. The first kappa shape index (κ1) is 24.1. The molecule has 1 fully saturated rings. The topological polar surface area (TPSA) is 131 Å². The lowest BCUT2D eigenvalue weighted by molar-refractivity contribution is -0.211. The molecule has 2 aromatic heterocycles. The minimum atomic E-state index is -1.62. The monoisotopic (exact) mass is 502 g/mol. The summed E-state index contributed by atoms with van der Waals surface area (Å²) >= 11 is 0. The van der Waals surface area contributed by atoms with Crippen LogP contribution in [0.15, 0.2) is 55.0 Å². The van der Waals surface area contributed by atoms with Crippen LogP contribution >= 0.6 is 0 Å². The standard InChI is InChI=1S/C23H21F3N6O4/c24-14-6-13(7-15(25)18(14)26)16-9-31(30-29-16)19-20(34)17(10-33)36-22(21(19)35)23-27-11-28-32(23)8-12-4-2-1-3-5-12/h1-7,9,11,17,19-22,33-35H,8,10H2/t17-,19+,20+,21-,22-/m1/s1. The Morgan fingerprint density at radius 2 is 1.72 bits per heavy atom. The first-order chi connectivity index (χ1) is 17.4. The lowest BCUT2D eigenvalue weighted by atomic mass is 9.92. The Morgan fingerprint density at radius 3 is 2.42 bits per heavy atom. The van der Waals surface area contributed by atoms with Gasteiger partial charge in [-0.1, -0.05) is 35.5 Å². The van der Waals surface area contributed by atoms with Crippen LogP contribution in [0.3, 0.4) is 0 Å². The summed E-state index contributed by atoms with van der Waals surface area (Å²) in [7, 11) is 0. The molecule has 0 amide bonds. The Hall–Kier alpha value is -3.65. The van der Waals surface area contributed by atoms with Crippen molar-refractivity contribution in [3.63, 3.8) is 0 Å². The molecule has 10 nitrogen and oxygen atoms in total. The van der Waals surface area contributed by atoms with Crippen LogP contribution in [0, 0.1) is 17.5 Å². The van der Waals surface area contributed by atoms with Crippen LogP contribution in [-0.4, -0.2) is 70.0 Å². The molecular formula is C23H21F3N6O4. The van der Waals surface area contributed by atoms with Crippen molar-refractivity contribution in [2.24, 2.45) is 0 Å². The molecule has 36 heavy (non-hydrogen) atoms. The van der Waals surface area contributed by atoms with Gasteiger partial charge in [0, 0.05) is 5.56 Å². The second-order valence-electron chi connectivity index (χ2n) is 8.35. The summed E-state index contributed by atoms with van der Waals surface area (Å²) in [6.45, 7) is -0.251. The fraction of sp³-hybridized carbons (Fsp3) is 0.304. The molecule has 4 aromatic rings. The number of aliphatic hydroxyl groups excluding tert-OH is 3. The lowest BCUT2D eigenvalue weighted by Gasteiger charge is -2.41. The van der Waals surface area contributed by atoms with E-state index in [1.54, 1.807) is 0 Å². The van der Waals surface area contributed by atoms with E-state index in [1.807, 2.05) is 30.3 Å². The third-order valence-electron chi connectivity index (χ3n) is 6.06. The van der Waals surface area contributed by atoms with E-state index in [2.05, 4.69) is 20.4 Å². The van der Waals surface area contributed by atoms with Crippen molar-refractivity contribution in [1.82, 2.24) is 29.8 Å². The van der Waals surface area contributed by atoms with Crippen LogP contribution in [0.4, 0.5) is 13.2 Å². The summed E-state index contributed by atoms with van der Waals surface area (Å²) in [5.74, 6) is -4.16. The van der Waals surface area contributed by atoms with Gasteiger partial charge in [-0.25, -0.2) is 27.5 Å². The zero-order chi connectivity index (χ0) is 25.4. The van der Waals surface area contributed by atoms with Crippen molar-refractivity contribution >= 4 is 0 Å². The molecule has 0 spiro atoms. The maximum absolute atomic E-state index is 13.7. The number of hydrogen-bond acceptors (Lipinski definition) is 8. The summed E-state index contributed by atoms with van der Waals surface area (Å²) < 4.78 is 49.2. The summed E-state index contributed by atoms with van der Waals surface area (Å²) in [6, 6.07) is 9.73. The number of rotatable bonds is 6. The van der Waals surface area contributed by atoms with E-state index in [1.165, 1.54) is 17.2 Å². The van der Waals surface area contributed by atoms with Gasteiger partial charge in [0.2, 0.25) is 0 Å². The van der Waals surface area contributed by atoms with Gasteiger partial charge in [-0.2, -0.15) is 5.10 Å². The molecule has 0 unspecified atom stereocenters. The molecule has 1 aliphatic rings. The second kappa shape index (κ2) is 9.78. The highest BCUT2D eigenvalue weighted by Crippen LogP contribution is 2.38. The first-order valence-corrected chi connectivity index (χ1v) is 11.0. The molecule has 3 N–H and O–H groups in total. The maximum atomic E-state index is 13.7. The SMILES string of the molecule is OC[C@H]1O[C@@H](c2ncnn2Cc2ccccc2)[C@H](O)[C@@H](n2cc(-c3cc(F)c(F)c(F)c3)nn2)[C@H]1O. The van der Waals surface area contributed by atoms with Crippen LogP contribution in [0.1, 0.15) is 23.5 Å². The smallest absolute Gasteiger partial charge is 0.194 e. The van der Waals surface area contributed by atoms with Gasteiger partial charge in [0.05, 0.1) is 19.3 Å². The highest BCUT2D eigenvalue weighted by atomic mass is 19.2. The van der Waals surface area contributed by atoms with Gasteiger partial charge < -0.3 is 20.1 Å². The Bertz CT molecular complexity index is 1330. The van der Waals surface area contributed by atoms with Crippen molar-refractivity contribution in [2.75, 3.05) is 6.61 Å². The Labute approximate surface area is 202 Å². The van der Waals surface area contributed by atoms with Gasteiger partial charge in [0.25, 0.3) is 0 Å². The quantitative estimate of drug-likeness (QED) is 0.337. The number of nitrogens with zero attached hydrogens (tertiary/aromatic N) is 6. The average Bonchev–Trinajstić information content (AvgIpc) is 3.53. The Balaban J connectivity index is 1.47. The predicted molar refractivity (Wildman–Crippen MR) is 117 cm³/mol. The van der Waals surface area contributed by atoms with Gasteiger partial charge >= 0.3 is 0 Å². The van der Waals surface area contributed by atoms with E-state index in [9.17, 15) is 28.5 Å². The van der Waals surface area contributed by atoms with Crippen molar-refractivity contribution in [2.45, 2.75) is 37.0 Å². The fourth-order valence-electron chi connectivity index (χ4n) is 4.26. The molecule has 0 saturated carbocycles. The molecule has 0 radical (unpaired) electrons. The molecule has 1 saturated heterocycles. The molecule has 13 heteroatoms. The van der Waals surface area contributed by atoms with Gasteiger partial charge in [-0.15, -0.1) is 5.10 Å². The average molecular weight is 502 g/mol. The number of aromatic nitrogens is 6. The van der Waals surface area contributed by atoms with E-state index in [0.717, 1.165) is 22.4 Å². The third kappa shape index (κ3) is 4.37. The highest BCUT2D eigenvalue weighted by molar-refractivity contribution is 5.57. The number of halogens is 3. The molecular weight excluding hydrogens is 481 g/mol. The normalized spacial score (nSPS) is 24.2. The van der Waals surface area contributed by atoms with Crippen molar-refractivity contribution in [3.05, 3.63) is 83.8 Å². The number of benzene rings is 2. The van der Waals surface area contributed by atoms with Gasteiger partial charge in [-0.05, 0) is 17.7 Å². The first-order valence-electron chi connectivity index (χ1n) is 11.0. The van der Waals surface area contributed by atoms with Gasteiger partial charge in [-0.3, -0.25) is 0 Å². The van der Waals surface area contributed by atoms with E-state index in [4.69, 9.17) is 4.74 Å². The van der Waals surface area contributed by atoms with Crippen LogP contribution in [0.2, 0.25) is 0 Å². The Kier molecular flexibility index (Phi) is 6.53. The molecule has 1 aliphatic heterocycles. The minimum absolute atomic E-state index is 0.0250. The lowest BCUT2D eigenvalue weighted by Crippen LogP contribution is -2.53. The molecule has 5 atom stereocenters. The summed E-state index contributed by atoms with van der Waals surface area (Å²) in [6.07, 6.45) is -2.56. The molecule has 3 heterocycles.